The molecule has 33 heavy (non-hydrogen) atoms. The third-order valence-corrected chi connectivity index (χ3v) is 6.41. The van der Waals surface area contributed by atoms with E-state index in [1.807, 2.05) is 54.3 Å². The summed E-state index contributed by atoms with van der Waals surface area (Å²) in [4.78, 5) is 17.0. The molecule has 1 fully saturated rings. The zero-order chi connectivity index (χ0) is 23.4. The highest BCUT2D eigenvalue weighted by Crippen LogP contribution is 2.26. The number of hydrogen-bond acceptors (Lipinski definition) is 3. The van der Waals surface area contributed by atoms with Crippen LogP contribution in [-0.2, 0) is 13.2 Å². The summed E-state index contributed by atoms with van der Waals surface area (Å²) in [5.41, 5.74) is 3.59. The molecular formula is C26H25Cl2FN2O2. The van der Waals surface area contributed by atoms with Gasteiger partial charge in [0.25, 0.3) is 5.91 Å². The lowest BCUT2D eigenvalue weighted by atomic mass is 10.1. The number of ether oxygens (including phenoxy) is 1. The number of halogens is 3. The van der Waals surface area contributed by atoms with Crippen LogP contribution in [0.1, 0.15) is 27.0 Å². The molecule has 1 amide bonds. The number of carbonyl (C=O) groups excluding carboxylic acids is 1. The van der Waals surface area contributed by atoms with Crippen LogP contribution in [0.2, 0.25) is 10.0 Å². The Hall–Kier alpha value is -2.60. The summed E-state index contributed by atoms with van der Waals surface area (Å²) in [5, 5.41) is 1.01. The van der Waals surface area contributed by atoms with E-state index in [4.69, 9.17) is 27.9 Å². The average molecular weight is 487 g/mol. The summed E-state index contributed by atoms with van der Waals surface area (Å²) in [7, 11) is 0. The first-order valence-electron chi connectivity index (χ1n) is 10.8. The van der Waals surface area contributed by atoms with E-state index in [1.54, 1.807) is 6.07 Å². The van der Waals surface area contributed by atoms with Crippen molar-refractivity contribution in [2.75, 3.05) is 26.2 Å². The molecule has 1 aliphatic rings. The lowest BCUT2D eigenvalue weighted by Gasteiger charge is -2.35. The van der Waals surface area contributed by atoms with Crippen LogP contribution in [0.3, 0.4) is 0 Å². The van der Waals surface area contributed by atoms with Gasteiger partial charge in [0, 0.05) is 43.3 Å². The molecule has 1 aliphatic heterocycles. The Morgan fingerprint density at radius 1 is 0.939 bits per heavy atom. The second-order valence-electron chi connectivity index (χ2n) is 8.22. The molecule has 1 heterocycles. The van der Waals surface area contributed by atoms with Gasteiger partial charge in [-0.3, -0.25) is 9.69 Å². The molecule has 7 heteroatoms. The molecule has 0 atom stereocenters. The number of carbonyl (C=O) groups is 1. The van der Waals surface area contributed by atoms with Gasteiger partial charge in [-0.15, -0.1) is 0 Å². The summed E-state index contributed by atoms with van der Waals surface area (Å²) in [6, 6.07) is 17.6. The van der Waals surface area contributed by atoms with Crippen molar-refractivity contribution in [3.05, 3.63) is 98.8 Å². The molecule has 4 rings (SSSR count). The quantitative estimate of drug-likeness (QED) is 0.429. The van der Waals surface area contributed by atoms with Crippen molar-refractivity contribution < 1.29 is 13.9 Å². The third-order valence-electron chi connectivity index (χ3n) is 5.75. The van der Waals surface area contributed by atoms with Crippen molar-refractivity contribution >= 4 is 29.1 Å². The van der Waals surface area contributed by atoms with Crippen LogP contribution >= 0.6 is 23.2 Å². The van der Waals surface area contributed by atoms with Crippen LogP contribution in [0.15, 0.2) is 60.7 Å². The molecule has 3 aromatic rings. The number of benzene rings is 3. The lowest BCUT2D eigenvalue weighted by molar-refractivity contribution is 0.0628. The summed E-state index contributed by atoms with van der Waals surface area (Å²) in [5.74, 6) is 0.330. The summed E-state index contributed by atoms with van der Waals surface area (Å²) in [6.07, 6.45) is 0. The van der Waals surface area contributed by atoms with Crippen LogP contribution in [0.25, 0.3) is 0 Å². The van der Waals surface area contributed by atoms with Crippen molar-refractivity contribution in [2.24, 2.45) is 0 Å². The predicted molar refractivity (Wildman–Crippen MR) is 130 cm³/mol. The molecule has 0 bridgehead atoms. The van der Waals surface area contributed by atoms with Gasteiger partial charge in [-0.25, -0.2) is 4.39 Å². The Kier molecular flexibility index (Phi) is 7.53. The van der Waals surface area contributed by atoms with E-state index < -0.39 is 0 Å². The third kappa shape index (κ3) is 6.05. The first kappa shape index (κ1) is 23.6. The largest absolute Gasteiger partial charge is 0.487 e. The monoisotopic (exact) mass is 486 g/mol. The van der Waals surface area contributed by atoms with Crippen molar-refractivity contribution in [1.82, 2.24) is 9.80 Å². The first-order valence-corrected chi connectivity index (χ1v) is 11.6. The normalized spacial score (nSPS) is 14.4. The van der Waals surface area contributed by atoms with Gasteiger partial charge in [-0.05, 0) is 60.0 Å². The summed E-state index contributed by atoms with van der Waals surface area (Å²) < 4.78 is 19.1. The van der Waals surface area contributed by atoms with Gasteiger partial charge >= 0.3 is 0 Å². The van der Waals surface area contributed by atoms with E-state index in [0.29, 0.717) is 47.6 Å². The average Bonchev–Trinajstić information content (AvgIpc) is 2.82. The van der Waals surface area contributed by atoms with Gasteiger partial charge in [-0.2, -0.15) is 0 Å². The minimum Gasteiger partial charge on any atom is -0.487 e. The fourth-order valence-electron chi connectivity index (χ4n) is 3.81. The van der Waals surface area contributed by atoms with E-state index in [0.717, 1.165) is 29.8 Å². The second-order valence-corrected chi connectivity index (χ2v) is 9.04. The summed E-state index contributed by atoms with van der Waals surface area (Å²) >= 11 is 12.3. The molecule has 0 unspecified atom stereocenters. The van der Waals surface area contributed by atoms with Gasteiger partial charge in [0.1, 0.15) is 18.2 Å². The fourth-order valence-corrected chi connectivity index (χ4v) is 4.21. The van der Waals surface area contributed by atoms with Gasteiger partial charge in [0.05, 0.1) is 5.02 Å². The van der Waals surface area contributed by atoms with Crippen molar-refractivity contribution in [3.63, 3.8) is 0 Å². The number of amides is 1. The highest BCUT2D eigenvalue weighted by Gasteiger charge is 2.22. The molecule has 0 N–H and O–H groups in total. The van der Waals surface area contributed by atoms with Crippen LogP contribution in [0, 0.1) is 12.7 Å². The Balaban J connectivity index is 1.29. The maximum atomic E-state index is 13.2. The number of piperazine rings is 1. The topological polar surface area (TPSA) is 32.8 Å². The lowest BCUT2D eigenvalue weighted by Crippen LogP contribution is -2.48. The zero-order valence-electron chi connectivity index (χ0n) is 18.4. The molecule has 4 nitrogen and oxygen atoms in total. The number of nitrogens with zero attached hydrogens (tertiary/aromatic N) is 2. The molecule has 0 saturated carbocycles. The Bertz CT molecular complexity index is 1130. The SMILES string of the molecule is Cc1ccc(Cl)c(OCc2ccc(C(=O)N3CCN(Cc4ccc(F)cc4Cl)CC3)cc2)c1. The minimum atomic E-state index is -0.337. The van der Waals surface area contributed by atoms with E-state index in [9.17, 15) is 9.18 Å². The maximum absolute atomic E-state index is 13.2. The van der Waals surface area contributed by atoms with Crippen molar-refractivity contribution in [3.8, 4) is 5.75 Å². The first-order chi connectivity index (χ1) is 15.9. The Labute approximate surface area is 203 Å². The molecule has 1 saturated heterocycles. The zero-order valence-corrected chi connectivity index (χ0v) is 19.9. The molecule has 0 aliphatic carbocycles. The van der Waals surface area contributed by atoms with Crippen LogP contribution in [0.5, 0.6) is 5.75 Å². The second kappa shape index (κ2) is 10.6. The van der Waals surface area contributed by atoms with E-state index in [-0.39, 0.29) is 11.7 Å². The van der Waals surface area contributed by atoms with Gasteiger partial charge < -0.3 is 9.64 Å². The highest BCUT2D eigenvalue weighted by atomic mass is 35.5. The highest BCUT2D eigenvalue weighted by molar-refractivity contribution is 6.32. The maximum Gasteiger partial charge on any atom is 0.253 e. The van der Waals surface area contributed by atoms with Crippen LogP contribution in [-0.4, -0.2) is 41.9 Å². The van der Waals surface area contributed by atoms with Gasteiger partial charge in [0.2, 0.25) is 0 Å². The summed E-state index contributed by atoms with van der Waals surface area (Å²) in [6.45, 7) is 5.75. The molecular weight excluding hydrogens is 462 g/mol. The minimum absolute atomic E-state index is 0.0173. The smallest absolute Gasteiger partial charge is 0.253 e. The number of aryl methyl sites for hydroxylation is 1. The van der Waals surface area contributed by atoms with Gasteiger partial charge in [-0.1, -0.05) is 47.5 Å². The van der Waals surface area contributed by atoms with Crippen LogP contribution < -0.4 is 4.74 Å². The Morgan fingerprint density at radius 3 is 2.36 bits per heavy atom. The fraction of sp³-hybridized carbons (Fsp3) is 0.269. The van der Waals surface area contributed by atoms with Crippen molar-refractivity contribution in [1.29, 1.82) is 0 Å². The molecule has 0 spiro atoms. The van der Waals surface area contributed by atoms with Crippen LogP contribution in [0.4, 0.5) is 4.39 Å². The number of hydrogen-bond donors (Lipinski definition) is 0. The molecule has 3 aromatic carbocycles. The molecule has 0 radical (unpaired) electrons. The molecule has 172 valence electrons. The standard InChI is InChI=1S/C26H25Cl2FN2O2/c1-18-2-9-23(27)25(14-18)33-17-19-3-5-20(6-4-19)26(32)31-12-10-30(11-13-31)16-21-7-8-22(29)15-24(21)28/h2-9,14-15H,10-13,16-17H2,1H3. The van der Waals surface area contributed by atoms with E-state index in [2.05, 4.69) is 4.90 Å². The van der Waals surface area contributed by atoms with Crippen molar-refractivity contribution in [2.45, 2.75) is 20.1 Å². The van der Waals surface area contributed by atoms with E-state index >= 15 is 0 Å². The van der Waals surface area contributed by atoms with E-state index in [1.165, 1.54) is 12.1 Å². The Morgan fingerprint density at radius 2 is 1.67 bits per heavy atom. The predicted octanol–water partition coefficient (Wildman–Crippen LogP) is 5.98. The molecule has 0 aromatic heterocycles. The van der Waals surface area contributed by atoms with Gasteiger partial charge in [0.15, 0.2) is 0 Å². The number of rotatable bonds is 6.